The summed E-state index contributed by atoms with van der Waals surface area (Å²) in [6.45, 7) is 5.12. The van der Waals surface area contributed by atoms with E-state index in [0.29, 0.717) is 86.2 Å². The second kappa shape index (κ2) is 30.2. The van der Waals surface area contributed by atoms with Gasteiger partial charge in [0.2, 0.25) is 29.5 Å². The number of hydroxylamine groups is 6. The third-order valence-electron chi connectivity index (χ3n) is 7.81. The van der Waals surface area contributed by atoms with E-state index in [9.17, 15) is 49.2 Å². The molecular weight excluding hydrogens is 652 g/mol. The lowest BCUT2D eigenvalue weighted by molar-refractivity contribution is -0.166. The number of amides is 6. The number of hydrogen-bond donors (Lipinski definition) is 6. The number of carbonyl (C=O) groups excluding carboxylic acids is 7. The normalized spacial score (nSPS) is 10.7. The highest BCUT2D eigenvalue weighted by Gasteiger charge is 2.16. The molecule has 6 amide bonds. The number of rotatable bonds is 31. The van der Waals surface area contributed by atoms with E-state index < -0.39 is 17.7 Å². The van der Waals surface area contributed by atoms with Gasteiger partial charge in [-0.05, 0) is 64.2 Å². The molecule has 6 N–H and O–H groups in total. The van der Waals surface area contributed by atoms with Crippen molar-refractivity contribution in [3.8, 4) is 0 Å². The molecule has 0 fully saturated rings. The van der Waals surface area contributed by atoms with Crippen LogP contribution in [0.4, 0.5) is 0 Å². The van der Waals surface area contributed by atoms with E-state index in [-0.39, 0.29) is 75.2 Å². The third-order valence-corrected chi connectivity index (χ3v) is 7.81. The summed E-state index contributed by atoms with van der Waals surface area (Å²) < 4.78 is 0. The summed E-state index contributed by atoms with van der Waals surface area (Å²) in [7, 11) is 0. The van der Waals surface area contributed by atoms with Crippen LogP contribution in [0, 0.1) is 0 Å². The second-order valence-corrected chi connectivity index (χ2v) is 12.4. The van der Waals surface area contributed by atoms with Crippen LogP contribution in [-0.2, 0) is 33.6 Å². The van der Waals surface area contributed by atoms with Crippen molar-refractivity contribution < 1.29 is 49.2 Å². The molecule has 16 heteroatoms. The fraction of sp³-hybridized carbons (Fsp3) is 0.794. The quantitative estimate of drug-likeness (QED) is 0.0266. The van der Waals surface area contributed by atoms with Crippen LogP contribution >= 0.6 is 0 Å². The molecule has 288 valence electrons. The minimum Gasteiger partial charge on any atom is -0.356 e. The van der Waals surface area contributed by atoms with E-state index in [2.05, 4.69) is 22.9 Å². The molecule has 0 rings (SSSR count). The SMILES string of the molecule is CCCCCCC(=O)CC(=O)N(O)CCCCCNC(=O)CCC(=O)N(O)CCCCCNC(=O)CCC(=O)N(O)CCCCCNC(C)=O. The number of ketones is 1. The summed E-state index contributed by atoms with van der Waals surface area (Å²) in [4.78, 5) is 82.8. The van der Waals surface area contributed by atoms with Gasteiger partial charge in [-0.2, -0.15) is 0 Å². The lowest BCUT2D eigenvalue weighted by Gasteiger charge is -2.15. The molecule has 0 aliphatic rings. The van der Waals surface area contributed by atoms with Crippen LogP contribution in [0.2, 0.25) is 0 Å². The Kier molecular flexibility index (Phi) is 28.0. The molecule has 0 saturated heterocycles. The largest absolute Gasteiger partial charge is 0.356 e. The molecule has 16 nitrogen and oxygen atoms in total. The van der Waals surface area contributed by atoms with Crippen molar-refractivity contribution in [2.24, 2.45) is 0 Å². The van der Waals surface area contributed by atoms with Gasteiger partial charge in [0.15, 0.2) is 0 Å². The summed E-state index contributed by atoms with van der Waals surface area (Å²) in [5.41, 5.74) is 0. The molecule has 0 aliphatic heterocycles. The van der Waals surface area contributed by atoms with E-state index in [1.165, 1.54) is 6.92 Å². The van der Waals surface area contributed by atoms with Crippen LogP contribution in [0.15, 0.2) is 0 Å². The maximum Gasteiger partial charge on any atom is 0.253 e. The average Bonchev–Trinajstić information content (AvgIpc) is 3.08. The average molecular weight is 715 g/mol. The first-order valence-corrected chi connectivity index (χ1v) is 18.1. The minimum absolute atomic E-state index is 0.0565. The zero-order valence-corrected chi connectivity index (χ0v) is 30.2. The van der Waals surface area contributed by atoms with Gasteiger partial charge >= 0.3 is 0 Å². The summed E-state index contributed by atoms with van der Waals surface area (Å²) in [5.74, 6) is -2.65. The van der Waals surface area contributed by atoms with Crippen LogP contribution in [0.25, 0.3) is 0 Å². The van der Waals surface area contributed by atoms with E-state index in [1.54, 1.807) is 0 Å². The van der Waals surface area contributed by atoms with Crippen molar-refractivity contribution in [2.75, 3.05) is 39.3 Å². The van der Waals surface area contributed by atoms with Crippen LogP contribution in [0.3, 0.4) is 0 Å². The molecule has 0 aromatic heterocycles. The Balaban J connectivity index is 3.82. The number of Topliss-reactive ketones (excluding diaryl/α,β-unsaturated/α-hetero) is 1. The van der Waals surface area contributed by atoms with E-state index in [0.717, 1.165) is 38.5 Å². The van der Waals surface area contributed by atoms with Gasteiger partial charge in [0.1, 0.15) is 5.78 Å². The van der Waals surface area contributed by atoms with Crippen LogP contribution in [0.5, 0.6) is 0 Å². The Labute approximate surface area is 296 Å². The Hall–Kier alpha value is -3.63. The van der Waals surface area contributed by atoms with Gasteiger partial charge in [0.25, 0.3) is 5.91 Å². The van der Waals surface area contributed by atoms with E-state index >= 15 is 0 Å². The molecule has 0 aliphatic carbocycles. The summed E-state index contributed by atoms with van der Waals surface area (Å²) >= 11 is 0. The van der Waals surface area contributed by atoms with Crippen molar-refractivity contribution in [2.45, 2.75) is 136 Å². The topological polar surface area (TPSA) is 226 Å². The molecule has 0 radical (unpaired) electrons. The molecular formula is C34H62N6O10. The van der Waals surface area contributed by atoms with Crippen LogP contribution in [-0.4, -0.2) is 111 Å². The predicted molar refractivity (Wildman–Crippen MR) is 184 cm³/mol. The first-order chi connectivity index (χ1) is 23.9. The maximum absolute atomic E-state index is 12.1. The second-order valence-electron chi connectivity index (χ2n) is 12.4. The van der Waals surface area contributed by atoms with Crippen molar-refractivity contribution >= 4 is 41.2 Å². The number of nitrogens with one attached hydrogen (secondary N) is 3. The molecule has 0 heterocycles. The smallest absolute Gasteiger partial charge is 0.253 e. The molecule has 0 aromatic rings. The molecule has 0 saturated carbocycles. The van der Waals surface area contributed by atoms with Crippen LogP contribution < -0.4 is 16.0 Å². The third kappa shape index (κ3) is 27.2. The number of carbonyl (C=O) groups is 7. The van der Waals surface area contributed by atoms with Crippen molar-refractivity contribution in [1.29, 1.82) is 0 Å². The molecule has 0 unspecified atom stereocenters. The van der Waals surface area contributed by atoms with Crippen LogP contribution in [0.1, 0.15) is 136 Å². The molecule has 0 aromatic carbocycles. The minimum atomic E-state index is -0.607. The highest BCUT2D eigenvalue weighted by Crippen LogP contribution is 2.07. The highest BCUT2D eigenvalue weighted by atomic mass is 16.5. The fourth-order valence-corrected chi connectivity index (χ4v) is 4.76. The summed E-state index contributed by atoms with van der Waals surface area (Å²) in [5, 5.41) is 39.5. The number of unbranched alkanes of at least 4 members (excludes halogenated alkanes) is 9. The number of nitrogens with zero attached hydrogens (tertiary/aromatic N) is 3. The lowest BCUT2D eigenvalue weighted by atomic mass is 10.1. The molecule has 0 bridgehead atoms. The first-order valence-electron chi connectivity index (χ1n) is 18.1. The summed E-state index contributed by atoms with van der Waals surface area (Å²) in [6, 6.07) is 0. The van der Waals surface area contributed by atoms with Gasteiger partial charge in [-0.1, -0.05) is 26.2 Å². The van der Waals surface area contributed by atoms with Gasteiger partial charge in [-0.15, -0.1) is 0 Å². The van der Waals surface area contributed by atoms with E-state index in [1.807, 2.05) is 0 Å². The Morgan fingerprint density at radius 2 is 0.860 bits per heavy atom. The van der Waals surface area contributed by atoms with Crippen molar-refractivity contribution in [1.82, 2.24) is 31.1 Å². The molecule has 50 heavy (non-hydrogen) atoms. The fourth-order valence-electron chi connectivity index (χ4n) is 4.76. The Morgan fingerprint density at radius 3 is 1.28 bits per heavy atom. The standard InChI is InChI=1S/C34H62N6O10/c1-3-4-5-9-16-29(42)27-34(47)40(50)26-15-8-12-23-37-31(44)18-20-33(46)39(49)25-14-7-11-22-36-30(43)17-19-32(45)38(48)24-13-6-10-21-35-28(2)41/h48-50H,3-27H2,1-2H3,(H,35,41)(H,36,43)(H,37,44). The molecule has 0 spiro atoms. The van der Waals surface area contributed by atoms with Gasteiger partial charge < -0.3 is 16.0 Å². The van der Waals surface area contributed by atoms with Gasteiger partial charge in [-0.25, -0.2) is 15.2 Å². The van der Waals surface area contributed by atoms with Gasteiger partial charge in [-0.3, -0.25) is 49.2 Å². The maximum atomic E-state index is 12.1. The Bertz CT molecular complexity index is 1030. The monoisotopic (exact) mass is 714 g/mol. The first kappa shape index (κ1) is 46.4. The zero-order chi connectivity index (χ0) is 37.6. The predicted octanol–water partition coefficient (Wildman–Crippen LogP) is 3.01. The number of hydrogen-bond acceptors (Lipinski definition) is 10. The lowest BCUT2D eigenvalue weighted by Crippen LogP contribution is -2.31. The highest BCUT2D eigenvalue weighted by molar-refractivity contribution is 5.97. The Morgan fingerprint density at radius 1 is 0.460 bits per heavy atom. The van der Waals surface area contributed by atoms with E-state index in [4.69, 9.17) is 0 Å². The molecule has 0 atom stereocenters. The van der Waals surface area contributed by atoms with Gasteiger partial charge in [0, 0.05) is 78.3 Å². The van der Waals surface area contributed by atoms with Gasteiger partial charge in [0.05, 0.1) is 6.42 Å². The van der Waals surface area contributed by atoms with Crippen molar-refractivity contribution in [3.63, 3.8) is 0 Å². The summed E-state index contributed by atoms with van der Waals surface area (Å²) in [6.07, 6.45) is 8.95. The zero-order valence-electron chi connectivity index (χ0n) is 30.2. The van der Waals surface area contributed by atoms with Crippen molar-refractivity contribution in [3.05, 3.63) is 0 Å².